The van der Waals surface area contributed by atoms with E-state index in [4.69, 9.17) is 0 Å². The average Bonchev–Trinajstić information content (AvgIpc) is 3.84. The first-order chi connectivity index (χ1) is 23.7. The molecule has 2 aromatic heterocycles. The zero-order valence-electron chi connectivity index (χ0n) is 29.0. The van der Waals surface area contributed by atoms with Gasteiger partial charge in [0, 0.05) is 16.5 Å². The largest absolute Gasteiger partial charge is 1.00 e. The third kappa shape index (κ3) is 4.78. The Hall–Kier alpha value is -5.01. The summed E-state index contributed by atoms with van der Waals surface area (Å²) in [6.45, 7) is 9.28. The van der Waals surface area contributed by atoms with Crippen molar-refractivity contribution in [1.29, 1.82) is 0 Å². The molecule has 8 aromatic rings. The third-order valence-electron chi connectivity index (χ3n) is 11.0. The van der Waals surface area contributed by atoms with Crippen LogP contribution in [0.3, 0.4) is 0 Å². The highest BCUT2D eigenvalue weighted by atomic mass is 127. The number of halogens is 1. The van der Waals surface area contributed by atoms with Crippen LogP contribution in [0.1, 0.15) is 49.9 Å². The van der Waals surface area contributed by atoms with E-state index in [1.54, 1.807) is 0 Å². The second-order valence-corrected chi connectivity index (χ2v) is 14.5. The predicted molar refractivity (Wildman–Crippen MR) is 201 cm³/mol. The van der Waals surface area contributed by atoms with Crippen LogP contribution in [0.2, 0.25) is 0 Å². The molecular weight excluding hydrogens is 723 g/mol. The summed E-state index contributed by atoms with van der Waals surface area (Å²) >= 11 is 0. The monoisotopic (exact) mass is 762 g/mol. The highest BCUT2D eigenvalue weighted by molar-refractivity contribution is 5.84. The Morgan fingerprint density at radius 3 is 1.60 bits per heavy atom. The topological polar surface area (TPSA) is 26.6 Å². The van der Waals surface area contributed by atoms with Crippen LogP contribution in [0.5, 0.6) is 0 Å². The Morgan fingerprint density at radius 2 is 0.980 bits per heavy atom. The first-order valence-corrected chi connectivity index (χ1v) is 17.1. The Morgan fingerprint density at radius 1 is 0.500 bits per heavy atom. The van der Waals surface area contributed by atoms with Crippen molar-refractivity contribution in [1.82, 2.24) is 14.1 Å². The quantitative estimate of drug-likeness (QED) is 0.137. The normalized spacial score (nSPS) is 14.3. The van der Waals surface area contributed by atoms with E-state index in [-0.39, 0.29) is 34.8 Å². The summed E-state index contributed by atoms with van der Waals surface area (Å²) in [6.07, 6.45) is 4.09. The maximum Gasteiger partial charge on any atom is 0.249 e. The maximum atomic E-state index is 4.53. The molecule has 50 heavy (non-hydrogen) atoms. The van der Waals surface area contributed by atoms with Crippen LogP contribution in [-0.4, -0.2) is 14.1 Å². The summed E-state index contributed by atoms with van der Waals surface area (Å²) in [7, 11) is 2.10. The second kappa shape index (κ2) is 11.8. The van der Waals surface area contributed by atoms with Gasteiger partial charge in [-0.1, -0.05) is 107 Å². The average molecular weight is 763 g/mol. The van der Waals surface area contributed by atoms with E-state index in [2.05, 4.69) is 187 Å². The number of para-hydroxylation sites is 4. The predicted octanol–water partition coefficient (Wildman–Crippen LogP) is 7.10. The van der Waals surface area contributed by atoms with Crippen molar-refractivity contribution in [2.24, 2.45) is 7.05 Å². The summed E-state index contributed by atoms with van der Waals surface area (Å²) in [4.78, 5) is 4.53. The maximum absolute atomic E-state index is 4.53. The Balaban J connectivity index is 0.000000142. The molecule has 10 rings (SSSR count). The van der Waals surface area contributed by atoms with Crippen LogP contribution in [0.25, 0.3) is 55.7 Å². The molecule has 2 aliphatic rings. The number of hydrogen-bond donors (Lipinski definition) is 0. The van der Waals surface area contributed by atoms with Gasteiger partial charge in [-0.3, -0.25) is 4.57 Å². The minimum atomic E-state index is 0. The first kappa shape index (κ1) is 32.2. The summed E-state index contributed by atoms with van der Waals surface area (Å²) in [5.74, 6) is 0. The number of hydrogen-bond acceptors (Lipinski definition) is 1. The van der Waals surface area contributed by atoms with E-state index in [0.717, 1.165) is 11.0 Å². The molecule has 2 aliphatic carbocycles. The summed E-state index contributed by atoms with van der Waals surface area (Å²) in [5.41, 5.74) is 18.2. The third-order valence-corrected chi connectivity index (χ3v) is 11.0. The number of imidazole rings is 2. The van der Waals surface area contributed by atoms with Crippen molar-refractivity contribution in [2.45, 2.75) is 38.5 Å². The zero-order chi connectivity index (χ0) is 33.5. The number of aryl methyl sites for hydroxylation is 1. The molecule has 0 unspecified atom stereocenters. The van der Waals surface area contributed by atoms with E-state index < -0.39 is 0 Å². The Bertz CT molecular complexity index is 2590. The minimum absolute atomic E-state index is 0. The molecule has 0 amide bonds. The SMILES string of the molecule is CC1(C)c2ccccc2-c2ccc(-n3cnc4ccccc43)cc21.C[n+]1cn(-c2ccc3c(c2)C(C)(C)c2ccccc2-3)c2ccccc21.[I-]. The van der Waals surface area contributed by atoms with Crippen molar-refractivity contribution in [3.63, 3.8) is 0 Å². The van der Waals surface area contributed by atoms with Gasteiger partial charge in [0.1, 0.15) is 12.0 Å². The smallest absolute Gasteiger partial charge is 0.249 e. The molecule has 5 heteroatoms. The van der Waals surface area contributed by atoms with Gasteiger partial charge in [-0.2, -0.15) is 4.57 Å². The number of nitrogens with zero attached hydrogens (tertiary/aromatic N) is 4. The van der Waals surface area contributed by atoms with Gasteiger partial charge in [-0.15, -0.1) is 0 Å². The molecule has 4 nitrogen and oxygen atoms in total. The molecule has 0 saturated carbocycles. The second-order valence-electron chi connectivity index (χ2n) is 14.5. The lowest BCUT2D eigenvalue weighted by atomic mass is 9.82. The van der Waals surface area contributed by atoms with Gasteiger partial charge in [0.2, 0.25) is 6.33 Å². The Labute approximate surface area is 310 Å². The molecule has 0 saturated heterocycles. The van der Waals surface area contributed by atoms with Crippen molar-refractivity contribution >= 4 is 22.1 Å². The highest BCUT2D eigenvalue weighted by Gasteiger charge is 2.36. The fraction of sp³-hybridized carbons (Fsp3) is 0.156. The summed E-state index contributed by atoms with van der Waals surface area (Å²) in [5, 5.41) is 0. The first-order valence-electron chi connectivity index (χ1n) is 17.1. The molecule has 0 bridgehead atoms. The van der Waals surface area contributed by atoms with Gasteiger partial charge in [0.05, 0.1) is 18.1 Å². The van der Waals surface area contributed by atoms with E-state index in [1.807, 2.05) is 12.4 Å². The van der Waals surface area contributed by atoms with Gasteiger partial charge >= 0.3 is 0 Å². The standard InChI is InChI=1S/C23H21N2.C22H18N2.HI/c1-23(2)19-9-5-4-8-17(19)18-13-12-16(14-20(18)23)25-15-24(3)21-10-6-7-11-22(21)25;1-22(2)18-8-4-3-7-16(18)17-12-11-15(13-19(17)22)24-14-23-20-9-5-6-10-21(20)24;/h4-15H,1-3H3;3-14H,1-2H3;1H/q+1;;/p-1. The lowest BCUT2D eigenvalue weighted by Crippen LogP contribution is -3.00. The lowest BCUT2D eigenvalue weighted by Gasteiger charge is -2.22. The molecular formula is C45H39IN4. The van der Waals surface area contributed by atoms with Crippen LogP contribution in [0.15, 0.2) is 146 Å². The van der Waals surface area contributed by atoms with Crippen molar-refractivity contribution in [3.05, 3.63) is 168 Å². The summed E-state index contributed by atoms with van der Waals surface area (Å²) in [6, 6.07) is 48.0. The number of benzene rings is 6. The van der Waals surface area contributed by atoms with Crippen LogP contribution in [0.4, 0.5) is 0 Å². The Kier molecular flexibility index (Phi) is 7.60. The lowest BCUT2D eigenvalue weighted by molar-refractivity contribution is -0.645. The van der Waals surface area contributed by atoms with Crippen LogP contribution in [-0.2, 0) is 17.9 Å². The van der Waals surface area contributed by atoms with E-state index >= 15 is 0 Å². The number of rotatable bonds is 2. The summed E-state index contributed by atoms with van der Waals surface area (Å²) < 4.78 is 6.64. The fourth-order valence-electron chi connectivity index (χ4n) is 8.32. The van der Waals surface area contributed by atoms with E-state index in [1.165, 1.54) is 66.9 Å². The molecule has 0 spiro atoms. The van der Waals surface area contributed by atoms with Gasteiger partial charge in [-0.05, 0) is 99.1 Å². The van der Waals surface area contributed by atoms with Gasteiger partial charge in [-0.25, -0.2) is 9.55 Å². The fourth-order valence-corrected chi connectivity index (χ4v) is 8.32. The van der Waals surface area contributed by atoms with Crippen molar-refractivity contribution in [2.75, 3.05) is 0 Å². The van der Waals surface area contributed by atoms with Crippen LogP contribution < -0.4 is 28.5 Å². The van der Waals surface area contributed by atoms with Crippen molar-refractivity contribution < 1.29 is 28.5 Å². The number of aromatic nitrogens is 4. The molecule has 2 heterocycles. The van der Waals surface area contributed by atoms with Gasteiger partial charge < -0.3 is 24.0 Å². The van der Waals surface area contributed by atoms with Crippen molar-refractivity contribution in [3.8, 4) is 33.6 Å². The molecule has 0 atom stereocenters. The molecule has 0 N–H and O–H groups in total. The molecule has 0 aliphatic heterocycles. The highest BCUT2D eigenvalue weighted by Crippen LogP contribution is 2.50. The minimum Gasteiger partial charge on any atom is -1.00 e. The molecule has 246 valence electrons. The molecule has 0 fully saturated rings. The molecule has 6 aromatic carbocycles. The van der Waals surface area contributed by atoms with Gasteiger partial charge in [0.25, 0.3) is 0 Å². The van der Waals surface area contributed by atoms with Gasteiger partial charge in [0.15, 0.2) is 11.0 Å². The van der Waals surface area contributed by atoms with Crippen LogP contribution >= 0.6 is 0 Å². The number of fused-ring (bicyclic) bond motifs is 8. The van der Waals surface area contributed by atoms with E-state index in [9.17, 15) is 0 Å². The zero-order valence-corrected chi connectivity index (χ0v) is 31.2. The molecule has 0 radical (unpaired) electrons. The van der Waals surface area contributed by atoms with E-state index in [0.29, 0.717) is 0 Å². The van der Waals surface area contributed by atoms with Crippen LogP contribution in [0, 0.1) is 0 Å².